The second kappa shape index (κ2) is 9.21. The van der Waals surface area contributed by atoms with Gasteiger partial charge in [0.15, 0.2) is 0 Å². The fraction of sp³-hybridized carbons (Fsp3) is 0.632. The molecule has 1 aliphatic heterocycles. The van der Waals surface area contributed by atoms with Gasteiger partial charge in [-0.1, -0.05) is 17.7 Å². The number of hydrogen-bond donors (Lipinski definition) is 2. The number of ether oxygens (including phenoxy) is 1. The van der Waals surface area contributed by atoms with Crippen molar-refractivity contribution < 1.29 is 32.3 Å². The van der Waals surface area contributed by atoms with Crippen LogP contribution in [0.15, 0.2) is 29.2 Å². The van der Waals surface area contributed by atoms with Gasteiger partial charge in [0.2, 0.25) is 0 Å². The first kappa shape index (κ1) is 22.6. The van der Waals surface area contributed by atoms with E-state index in [9.17, 15) is 18.3 Å². The predicted molar refractivity (Wildman–Crippen MR) is 102 cm³/mol. The Bertz CT molecular complexity index is 761. The predicted octanol–water partition coefficient (Wildman–Crippen LogP) is 2.59. The van der Waals surface area contributed by atoms with E-state index in [2.05, 4.69) is 0 Å². The largest absolute Gasteiger partial charge is 0.465 e. The quantitative estimate of drug-likeness (QED) is 0.596. The van der Waals surface area contributed by atoms with Gasteiger partial charge < -0.3 is 14.9 Å². The van der Waals surface area contributed by atoms with Crippen molar-refractivity contribution in [1.29, 1.82) is 0 Å². The Labute approximate surface area is 166 Å². The average molecular weight is 416 g/mol. The minimum absolute atomic E-state index is 0.0312. The molecule has 2 rings (SSSR count). The highest BCUT2D eigenvalue weighted by atomic mass is 32.2. The summed E-state index contributed by atoms with van der Waals surface area (Å²) in [6.45, 7) is 5.35. The van der Waals surface area contributed by atoms with Crippen molar-refractivity contribution in [3.8, 4) is 0 Å². The van der Waals surface area contributed by atoms with Gasteiger partial charge in [-0.15, -0.1) is 0 Å². The van der Waals surface area contributed by atoms with Crippen LogP contribution < -0.4 is 0 Å². The van der Waals surface area contributed by atoms with Gasteiger partial charge in [-0.05, 0) is 58.1 Å². The van der Waals surface area contributed by atoms with E-state index in [1.165, 1.54) is 17.0 Å². The molecule has 1 aromatic carbocycles. The maximum absolute atomic E-state index is 12.4. The molecule has 0 spiro atoms. The third-order valence-corrected chi connectivity index (χ3v) is 6.22. The normalized spacial score (nSPS) is 20.3. The molecule has 0 aromatic heterocycles. The summed E-state index contributed by atoms with van der Waals surface area (Å²) in [5.41, 5.74) is 0.00438. The highest BCUT2D eigenvalue weighted by Gasteiger charge is 2.44. The molecular formula is C19H29NO7S. The molecule has 8 nitrogen and oxygen atoms in total. The van der Waals surface area contributed by atoms with Crippen molar-refractivity contribution in [2.45, 2.75) is 56.7 Å². The van der Waals surface area contributed by atoms with Gasteiger partial charge in [0, 0.05) is 6.61 Å². The van der Waals surface area contributed by atoms with Crippen LogP contribution in [0, 0.1) is 12.8 Å². The molecule has 1 saturated heterocycles. The summed E-state index contributed by atoms with van der Waals surface area (Å²) in [5.74, 6) is -0.239. The molecule has 28 heavy (non-hydrogen) atoms. The minimum atomic E-state index is -3.91. The average Bonchev–Trinajstić information content (AvgIpc) is 2.92. The van der Waals surface area contributed by atoms with Crippen LogP contribution in [0.5, 0.6) is 0 Å². The van der Waals surface area contributed by atoms with Crippen molar-refractivity contribution in [3.05, 3.63) is 29.8 Å². The number of hydrogen-bond acceptors (Lipinski definition) is 6. The molecule has 1 fully saturated rings. The highest BCUT2D eigenvalue weighted by molar-refractivity contribution is 7.86. The first-order valence-corrected chi connectivity index (χ1v) is 10.7. The second-order valence-corrected chi connectivity index (χ2v) is 9.20. The molecule has 1 unspecified atom stereocenters. The van der Waals surface area contributed by atoms with Crippen molar-refractivity contribution >= 4 is 16.2 Å². The van der Waals surface area contributed by atoms with E-state index in [0.29, 0.717) is 19.3 Å². The number of benzene rings is 1. The highest BCUT2D eigenvalue weighted by Crippen LogP contribution is 2.32. The Hall–Kier alpha value is -1.68. The third kappa shape index (κ3) is 5.66. The lowest BCUT2D eigenvalue weighted by atomic mass is 9.95. The van der Waals surface area contributed by atoms with Gasteiger partial charge in [-0.2, -0.15) is 8.42 Å². The molecule has 2 atom stereocenters. The number of carbonyl (C=O) groups is 1. The van der Waals surface area contributed by atoms with Gasteiger partial charge >= 0.3 is 6.09 Å². The Morgan fingerprint density at radius 3 is 2.57 bits per heavy atom. The Balaban J connectivity index is 2.07. The molecule has 1 aliphatic rings. The van der Waals surface area contributed by atoms with Crippen LogP contribution in [0.1, 0.15) is 38.7 Å². The van der Waals surface area contributed by atoms with Crippen molar-refractivity contribution in [2.24, 2.45) is 5.92 Å². The number of carboxylic acid groups (broad SMARTS) is 1. The lowest BCUT2D eigenvalue weighted by Gasteiger charge is -2.32. The lowest BCUT2D eigenvalue weighted by molar-refractivity contribution is -0.0426. The zero-order valence-electron chi connectivity index (χ0n) is 16.5. The van der Waals surface area contributed by atoms with E-state index in [-0.39, 0.29) is 30.6 Å². The summed E-state index contributed by atoms with van der Waals surface area (Å²) in [6.07, 6.45) is 0.299. The number of aliphatic hydroxyl groups is 1. The van der Waals surface area contributed by atoms with E-state index in [4.69, 9.17) is 14.0 Å². The molecule has 0 radical (unpaired) electrons. The van der Waals surface area contributed by atoms with Gasteiger partial charge in [-0.25, -0.2) is 4.79 Å². The first-order valence-electron chi connectivity index (χ1n) is 9.30. The van der Waals surface area contributed by atoms with Crippen molar-refractivity contribution in [2.75, 3.05) is 19.8 Å². The van der Waals surface area contributed by atoms with Crippen LogP contribution in [-0.4, -0.2) is 61.2 Å². The molecular weight excluding hydrogens is 386 g/mol. The van der Waals surface area contributed by atoms with Crippen LogP contribution in [-0.2, 0) is 19.0 Å². The number of nitrogens with zero attached hydrogens (tertiary/aromatic N) is 1. The smallest absolute Gasteiger partial charge is 0.409 e. The Kier molecular flexibility index (Phi) is 7.44. The Morgan fingerprint density at radius 2 is 2.00 bits per heavy atom. The molecule has 9 heteroatoms. The zero-order chi connectivity index (χ0) is 20.9. The van der Waals surface area contributed by atoms with E-state index in [1.54, 1.807) is 26.0 Å². The molecule has 0 saturated carbocycles. The van der Waals surface area contributed by atoms with E-state index in [1.807, 2.05) is 6.92 Å². The standard InChI is InChI=1S/C19H29NO7S/c1-14-6-8-17(9-7-14)28(24,25)27-12-15(5-4-10-21)11-16-13-26-19(2,3)20(16)18(22)23/h6-9,15-16,21H,4-5,10-13H2,1-3H3,(H,22,23)/t15-,16?/m1/s1. The van der Waals surface area contributed by atoms with Crippen molar-refractivity contribution in [3.63, 3.8) is 0 Å². The molecule has 1 heterocycles. The fourth-order valence-electron chi connectivity index (χ4n) is 3.44. The maximum atomic E-state index is 12.4. The molecule has 0 bridgehead atoms. The number of aryl methyl sites for hydroxylation is 1. The topological polar surface area (TPSA) is 113 Å². The fourth-order valence-corrected chi connectivity index (χ4v) is 4.41. The summed E-state index contributed by atoms with van der Waals surface area (Å²) in [5, 5.41) is 18.7. The van der Waals surface area contributed by atoms with Gasteiger partial charge in [0.1, 0.15) is 5.72 Å². The monoisotopic (exact) mass is 415 g/mol. The molecule has 0 aliphatic carbocycles. The molecule has 2 N–H and O–H groups in total. The van der Waals surface area contributed by atoms with Crippen LogP contribution in [0.4, 0.5) is 4.79 Å². The molecule has 158 valence electrons. The van der Waals surface area contributed by atoms with Crippen LogP contribution in [0.25, 0.3) is 0 Å². The number of aliphatic hydroxyl groups excluding tert-OH is 1. The van der Waals surface area contributed by atoms with E-state index < -0.39 is 28.0 Å². The number of amides is 1. The third-order valence-electron chi connectivity index (χ3n) is 4.92. The van der Waals surface area contributed by atoms with Crippen molar-refractivity contribution in [1.82, 2.24) is 4.90 Å². The van der Waals surface area contributed by atoms with Crippen LogP contribution in [0.2, 0.25) is 0 Å². The SMILES string of the molecule is Cc1ccc(S(=O)(=O)OC[C@H](CCCO)CC2COC(C)(C)N2C(=O)O)cc1. The lowest BCUT2D eigenvalue weighted by Crippen LogP contribution is -2.47. The van der Waals surface area contributed by atoms with Gasteiger partial charge in [0.05, 0.1) is 24.2 Å². The minimum Gasteiger partial charge on any atom is -0.465 e. The van der Waals surface area contributed by atoms with Crippen LogP contribution >= 0.6 is 0 Å². The molecule has 1 aromatic rings. The van der Waals surface area contributed by atoms with Crippen LogP contribution in [0.3, 0.4) is 0 Å². The maximum Gasteiger partial charge on any atom is 0.409 e. The zero-order valence-corrected chi connectivity index (χ0v) is 17.3. The van der Waals surface area contributed by atoms with Gasteiger partial charge in [-0.3, -0.25) is 9.08 Å². The summed E-state index contributed by atoms with van der Waals surface area (Å²) >= 11 is 0. The van der Waals surface area contributed by atoms with Gasteiger partial charge in [0.25, 0.3) is 10.1 Å². The van der Waals surface area contributed by atoms with E-state index >= 15 is 0 Å². The number of rotatable bonds is 9. The Morgan fingerprint density at radius 1 is 1.36 bits per heavy atom. The molecule has 1 amide bonds. The first-order chi connectivity index (χ1) is 13.1. The second-order valence-electron chi connectivity index (χ2n) is 7.58. The summed E-state index contributed by atoms with van der Waals surface area (Å²) in [6, 6.07) is 5.98. The van der Waals surface area contributed by atoms with E-state index in [0.717, 1.165) is 5.56 Å². The summed E-state index contributed by atoms with van der Waals surface area (Å²) in [7, 11) is -3.91. The summed E-state index contributed by atoms with van der Waals surface area (Å²) < 4.78 is 35.7. The summed E-state index contributed by atoms with van der Waals surface area (Å²) in [4.78, 5) is 13.0.